The second-order valence-electron chi connectivity index (χ2n) is 25.6. The second-order valence-corrected chi connectivity index (χ2v) is 25.6. The first-order valence-electron chi connectivity index (χ1n) is 34.2. The highest BCUT2D eigenvalue weighted by molar-refractivity contribution is 6.11. The van der Waals surface area contributed by atoms with Crippen LogP contribution in [-0.4, -0.2) is 29.9 Å². The Labute approximate surface area is 587 Å². The van der Waals surface area contributed by atoms with E-state index in [0.717, 1.165) is 133 Å². The van der Waals surface area contributed by atoms with E-state index in [9.17, 15) is 0 Å². The highest BCUT2D eigenvalue weighted by atomic mass is 16.3. The third-order valence-electron chi connectivity index (χ3n) is 19.5. The molecule has 0 fully saturated rings. The number of fused-ring (bicyclic) bond motifs is 7. The monoisotopic (exact) mass is 1300 g/mol. The lowest BCUT2D eigenvalue weighted by atomic mass is 9.89. The Morgan fingerprint density at radius 3 is 0.882 bits per heavy atom. The lowest BCUT2D eigenvalue weighted by Gasteiger charge is -2.15. The lowest BCUT2D eigenvalue weighted by Crippen LogP contribution is -2.00. The van der Waals surface area contributed by atoms with Crippen molar-refractivity contribution in [3.8, 4) is 146 Å². The SMILES string of the molecule is c1ccc(-c2nc(-c3ccc(-c4ccc(-c5ccc(-c6ccc(-c7cccc(-c8nc(-c9ccc(-c%10ccccc%10-c%10ccccc%10-c%10ccccc%10)cc9)nc(-c9cccc%10c9oc9ccccc9%10)n8)c7)cc6)cc5)c5ccccc45)cc3)nc(-c3cccc4c3oc3ccccc34)n2)cc1. The van der Waals surface area contributed by atoms with Crippen molar-refractivity contribution in [2.24, 2.45) is 0 Å². The molecule has 4 heterocycles. The first-order valence-corrected chi connectivity index (χ1v) is 34.2. The Hall–Kier alpha value is -13.8. The van der Waals surface area contributed by atoms with Gasteiger partial charge in [-0.15, -0.1) is 0 Å². The first kappa shape index (κ1) is 59.4. The second kappa shape index (κ2) is 25.2. The maximum atomic E-state index is 6.60. The van der Waals surface area contributed by atoms with E-state index in [1.807, 2.05) is 84.9 Å². The number of furan rings is 2. The quantitative estimate of drug-likeness (QED) is 0.112. The molecule has 0 radical (unpaired) electrons. The minimum atomic E-state index is 0.528. The van der Waals surface area contributed by atoms with Gasteiger partial charge in [0.1, 0.15) is 22.3 Å². The molecule has 15 aromatic carbocycles. The molecule has 476 valence electrons. The molecule has 0 aliphatic carbocycles. The third kappa shape index (κ3) is 10.8. The van der Waals surface area contributed by atoms with Gasteiger partial charge >= 0.3 is 0 Å². The van der Waals surface area contributed by atoms with Crippen molar-refractivity contribution in [2.75, 3.05) is 0 Å². The van der Waals surface area contributed by atoms with E-state index in [2.05, 4.69) is 267 Å². The zero-order chi connectivity index (χ0) is 67.5. The summed E-state index contributed by atoms with van der Waals surface area (Å²) in [4.78, 5) is 31.0. The summed E-state index contributed by atoms with van der Waals surface area (Å²) in [6.07, 6.45) is 0. The van der Waals surface area contributed by atoms with Gasteiger partial charge in [0.25, 0.3) is 0 Å². The zero-order valence-electron chi connectivity index (χ0n) is 55.0. The number of rotatable bonds is 13. The summed E-state index contributed by atoms with van der Waals surface area (Å²) in [7, 11) is 0. The van der Waals surface area contributed by atoms with Gasteiger partial charge in [-0.25, -0.2) is 29.9 Å². The van der Waals surface area contributed by atoms with Gasteiger partial charge in [0.05, 0.1) is 11.1 Å². The van der Waals surface area contributed by atoms with E-state index in [0.29, 0.717) is 34.9 Å². The van der Waals surface area contributed by atoms with Crippen LogP contribution >= 0.6 is 0 Å². The van der Waals surface area contributed by atoms with Gasteiger partial charge in [0, 0.05) is 43.8 Å². The van der Waals surface area contributed by atoms with Crippen molar-refractivity contribution in [3.05, 3.63) is 352 Å². The van der Waals surface area contributed by atoms with Gasteiger partial charge in [0.2, 0.25) is 0 Å². The number of nitrogens with zero attached hydrogens (tertiary/aromatic N) is 6. The Morgan fingerprint density at radius 1 is 0.147 bits per heavy atom. The first-order chi connectivity index (χ1) is 50.5. The number of hydrogen-bond donors (Lipinski definition) is 0. The van der Waals surface area contributed by atoms with Crippen molar-refractivity contribution < 1.29 is 8.83 Å². The molecule has 8 nitrogen and oxygen atoms in total. The molecule has 0 aliphatic rings. The van der Waals surface area contributed by atoms with Gasteiger partial charge < -0.3 is 8.83 Å². The molecule has 0 N–H and O–H groups in total. The Morgan fingerprint density at radius 2 is 0.422 bits per heavy atom. The average molecular weight is 1300 g/mol. The van der Waals surface area contributed by atoms with Crippen molar-refractivity contribution >= 4 is 54.6 Å². The zero-order valence-corrected chi connectivity index (χ0v) is 55.0. The van der Waals surface area contributed by atoms with Gasteiger partial charge in [0.15, 0.2) is 34.9 Å². The normalized spacial score (nSPS) is 11.5. The number of hydrogen-bond acceptors (Lipinski definition) is 8. The third-order valence-corrected chi connectivity index (χ3v) is 19.5. The van der Waals surface area contributed by atoms with Gasteiger partial charge in [-0.1, -0.05) is 322 Å². The Kier molecular flexibility index (Phi) is 14.7. The molecule has 0 spiro atoms. The minimum Gasteiger partial charge on any atom is -0.455 e. The van der Waals surface area contributed by atoms with Crippen LogP contribution in [0.4, 0.5) is 0 Å². The fourth-order valence-corrected chi connectivity index (χ4v) is 14.4. The van der Waals surface area contributed by atoms with Crippen LogP contribution in [0, 0.1) is 0 Å². The molecule has 0 atom stereocenters. The molecule has 0 saturated heterocycles. The number of para-hydroxylation sites is 4. The maximum absolute atomic E-state index is 6.60. The standard InChI is InChI=1S/C94H58N6O2/c1-3-20-62(21-4-1)71-26-7-9-28-75(71)76-29-10-8-27-72(76)63-48-52-68(53-49-63)91-96-92(100-94(99-91)84-37-19-35-82-80-33-14-16-39-86(80)102-88(82)84)70-25-17-24-69(58-70)61-42-40-59(41-43-61)60-44-46-64(47-45-60)73-56-57-74(78-31-12-11-30-77(73)78)65-50-54-67(55-51-65)90-95-89(66-22-5-2-6-23-66)97-93(98-90)83-36-18-34-81-79-32-13-15-38-85(79)101-87(81)83/h1-58H. The predicted molar refractivity (Wildman–Crippen MR) is 416 cm³/mol. The molecule has 0 amide bonds. The summed E-state index contributed by atoms with van der Waals surface area (Å²) in [6, 6.07) is 123. The molecule has 102 heavy (non-hydrogen) atoms. The van der Waals surface area contributed by atoms with Crippen molar-refractivity contribution in [1.29, 1.82) is 0 Å². The van der Waals surface area contributed by atoms with Crippen LogP contribution in [0.15, 0.2) is 361 Å². The van der Waals surface area contributed by atoms with Crippen molar-refractivity contribution in [1.82, 2.24) is 29.9 Å². The van der Waals surface area contributed by atoms with Crippen LogP contribution in [0.25, 0.3) is 201 Å². The molecule has 0 bridgehead atoms. The summed E-state index contributed by atoms with van der Waals surface area (Å²) in [5.41, 5.74) is 24.1. The summed E-state index contributed by atoms with van der Waals surface area (Å²) >= 11 is 0. The van der Waals surface area contributed by atoms with Crippen LogP contribution in [0.1, 0.15) is 0 Å². The van der Waals surface area contributed by atoms with E-state index in [1.165, 1.54) is 33.0 Å². The summed E-state index contributed by atoms with van der Waals surface area (Å²) < 4.78 is 13.1. The fourth-order valence-electron chi connectivity index (χ4n) is 14.4. The molecule has 0 aliphatic heterocycles. The van der Waals surface area contributed by atoms with Gasteiger partial charge in [-0.2, -0.15) is 0 Å². The average Bonchev–Trinajstić information content (AvgIpc) is 1.35. The molecular formula is C94H58N6O2. The molecule has 4 aromatic heterocycles. The predicted octanol–water partition coefficient (Wildman–Crippen LogP) is 24.7. The molecule has 0 unspecified atom stereocenters. The highest BCUT2D eigenvalue weighted by Gasteiger charge is 2.22. The minimum absolute atomic E-state index is 0.528. The largest absolute Gasteiger partial charge is 0.455 e. The van der Waals surface area contributed by atoms with Crippen molar-refractivity contribution in [3.63, 3.8) is 0 Å². The van der Waals surface area contributed by atoms with Crippen LogP contribution < -0.4 is 0 Å². The van der Waals surface area contributed by atoms with E-state index in [-0.39, 0.29) is 0 Å². The summed E-state index contributed by atoms with van der Waals surface area (Å²) in [6.45, 7) is 0. The number of aromatic nitrogens is 6. The summed E-state index contributed by atoms with van der Waals surface area (Å²) in [5, 5.41) is 6.46. The van der Waals surface area contributed by atoms with Gasteiger partial charge in [-0.05, 0) is 119 Å². The van der Waals surface area contributed by atoms with E-state index < -0.39 is 0 Å². The fraction of sp³-hybridized carbons (Fsp3) is 0. The smallest absolute Gasteiger partial charge is 0.167 e. The molecule has 0 saturated carbocycles. The van der Waals surface area contributed by atoms with Crippen LogP contribution in [-0.2, 0) is 0 Å². The van der Waals surface area contributed by atoms with Crippen LogP contribution in [0.3, 0.4) is 0 Å². The molecule has 19 rings (SSSR count). The van der Waals surface area contributed by atoms with Crippen LogP contribution in [0.2, 0.25) is 0 Å². The van der Waals surface area contributed by atoms with Crippen LogP contribution in [0.5, 0.6) is 0 Å². The Balaban J connectivity index is 0.604. The topological polar surface area (TPSA) is 104 Å². The van der Waals surface area contributed by atoms with Gasteiger partial charge in [-0.3, -0.25) is 0 Å². The maximum Gasteiger partial charge on any atom is 0.167 e. The Bertz CT molecular complexity index is 6410. The molecule has 8 heteroatoms. The molecule has 19 aromatic rings. The molecular weight excluding hydrogens is 1250 g/mol. The lowest BCUT2D eigenvalue weighted by molar-refractivity contribution is 0.669. The van der Waals surface area contributed by atoms with E-state index >= 15 is 0 Å². The highest BCUT2D eigenvalue weighted by Crippen LogP contribution is 2.43. The van der Waals surface area contributed by atoms with E-state index in [1.54, 1.807) is 0 Å². The summed E-state index contributed by atoms with van der Waals surface area (Å²) in [5.74, 6) is 3.38. The van der Waals surface area contributed by atoms with Crippen molar-refractivity contribution in [2.45, 2.75) is 0 Å². The number of benzene rings is 15. The van der Waals surface area contributed by atoms with E-state index in [4.69, 9.17) is 38.7 Å².